The molecule has 2 heteroatoms. The molecule has 84 valence electrons. The Labute approximate surface area is 92.1 Å². The summed E-state index contributed by atoms with van der Waals surface area (Å²) in [6.45, 7) is 7.74. The number of furan rings is 1. The minimum absolute atomic E-state index is 0.348. The van der Waals surface area contributed by atoms with Gasteiger partial charge >= 0.3 is 0 Å². The van der Waals surface area contributed by atoms with E-state index in [-0.39, 0.29) is 0 Å². The summed E-state index contributed by atoms with van der Waals surface area (Å²) in [5.41, 5.74) is 1.77. The van der Waals surface area contributed by atoms with Crippen LogP contribution in [0.1, 0.15) is 43.3 Å². The molecule has 1 unspecified atom stereocenters. The molecule has 2 rings (SSSR count). The Bertz CT molecular complexity index is 351. The normalized spacial score (nSPS) is 23.9. The van der Waals surface area contributed by atoms with Crippen LogP contribution in [0.3, 0.4) is 0 Å². The van der Waals surface area contributed by atoms with Crippen molar-refractivity contribution in [2.24, 2.45) is 5.41 Å². The largest absolute Gasteiger partial charge is 0.466 e. The summed E-state index contributed by atoms with van der Waals surface area (Å²) >= 11 is 0. The quantitative estimate of drug-likeness (QED) is 0.806. The molecule has 0 bridgehead atoms. The van der Waals surface area contributed by atoms with E-state index >= 15 is 0 Å². The van der Waals surface area contributed by atoms with Crippen LogP contribution in [0, 0.1) is 12.3 Å². The van der Waals surface area contributed by atoms with Gasteiger partial charge in [0.15, 0.2) is 0 Å². The lowest BCUT2D eigenvalue weighted by Crippen LogP contribution is -2.33. The lowest BCUT2D eigenvalue weighted by Gasteiger charge is -2.37. The third-order valence-electron chi connectivity index (χ3n) is 3.67. The lowest BCUT2D eigenvalue weighted by atomic mass is 9.69. The van der Waals surface area contributed by atoms with Gasteiger partial charge in [-0.2, -0.15) is 0 Å². The zero-order valence-electron chi connectivity index (χ0n) is 10.2. The predicted octanol–water partition coefficient (Wildman–Crippen LogP) is 2.86. The molecule has 0 amide bonds. The second-order valence-corrected chi connectivity index (χ2v) is 5.35. The molecule has 1 atom stereocenters. The molecule has 1 aliphatic rings. The first-order chi connectivity index (χ1) is 7.04. The molecule has 0 aromatic carbocycles. The van der Waals surface area contributed by atoms with Gasteiger partial charge in [-0.15, -0.1) is 0 Å². The molecule has 0 spiro atoms. The molecule has 15 heavy (non-hydrogen) atoms. The van der Waals surface area contributed by atoms with E-state index in [0.29, 0.717) is 11.3 Å². The topological polar surface area (TPSA) is 25.2 Å². The Morgan fingerprint density at radius 2 is 2.27 bits per heavy atom. The molecule has 2 nitrogen and oxygen atoms in total. The van der Waals surface area contributed by atoms with Crippen molar-refractivity contribution in [2.45, 2.75) is 39.5 Å². The Morgan fingerprint density at radius 1 is 1.53 bits per heavy atom. The molecular formula is C13H21NO. The maximum absolute atomic E-state index is 5.87. The first-order valence-electron chi connectivity index (χ1n) is 5.78. The van der Waals surface area contributed by atoms with Gasteiger partial charge in [-0.25, -0.2) is 0 Å². The van der Waals surface area contributed by atoms with Gasteiger partial charge in [-0.3, -0.25) is 0 Å². The van der Waals surface area contributed by atoms with E-state index in [1.807, 2.05) is 14.0 Å². The van der Waals surface area contributed by atoms with Crippen molar-refractivity contribution in [3.8, 4) is 0 Å². The fourth-order valence-corrected chi connectivity index (χ4v) is 2.63. The summed E-state index contributed by atoms with van der Waals surface area (Å²) in [6, 6.07) is 2.20. The van der Waals surface area contributed by atoms with Crippen molar-refractivity contribution < 1.29 is 4.42 Å². The maximum Gasteiger partial charge on any atom is 0.112 e. The van der Waals surface area contributed by atoms with Crippen LogP contribution in [0.15, 0.2) is 10.5 Å². The van der Waals surface area contributed by atoms with Crippen LogP contribution < -0.4 is 5.32 Å². The molecule has 1 aliphatic carbocycles. The fraction of sp³-hybridized carbons (Fsp3) is 0.692. The number of fused-ring (bicyclic) bond motifs is 1. The molecule has 1 aromatic rings. The average molecular weight is 207 g/mol. The van der Waals surface area contributed by atoms with Crippen LogP contribution in [0.4, 0.5) is 0 Å². The van der Waals surface area contributed by atoms with Gasteiger partial charge in [0.2, 0.25) is 0 Å². The number of hydrogen-bond acceptors (Lipinski definition) is 2. The number of hydrogen-bond donors (Lipinski definition) is 1. The maximum atomic E-state index is 5.87. The SMILES string of the molecule is CNCC1c2oc(C)cc2CCC1(C)C. The molecular weight excluding hydrogens is 186 g/mol. The van der Waals surface area contributed by atoms with Crippen molar-refractivity contribution in [2.75, 3.05) is 13.6 Å². The summed E-state index contributed by atoms with van der Waals surface area (Å²) in [7, 11) is 2.01. The van der Waals surface area contributed by atoms with Crippen LogP contribution in [-0.2, 0) is 6.42 Å². The molecule has 0 saturated carbocycles. The van der Waals surface area contributed by atoms with Gasteiger partial charge < -0.3 is 9.73 Å². The summed E-state index contributed by atoms with van der Waals surface area (Å²) in [5.74, 6) is 2.79. The number of likely N-dealkylation sites (N-methyl/N-ethyl adjacent to an activating group) is 1. The summed E-state index contributed by atoms with van der Waals surface area (Å²) in [4.78, 5) is 0. The van der Waals surface area contributed by atoms with Crippen LogP contribution in [0.5, 0.6) is 0 Å². The molecule has 0 radical (unpaired) electrons. The minimum atomic E-state index is 0.348. The first-order valence-corrected chi connectivity index (χ1v) is 5.78. The summed E-state index contributed by atoms with van der Waals surface area (Å²) < 4.78 is 5.87. The standard InChI is InChI=1S/C13H21NO/c1-9-7-10-5-6-13(2,3)11(8-14-4)12(10)15-9/h7,11,14H,5-6,8H2,1-4H3. The van der Waals surface area contributed by atoms with E-state index in [4.69, 9.17) is 4.42 Å². The van der Waals surface area contributed by atoms with Crippen molar-refractivity contribution in [1.29, 1.82) is 0 Å². The third-order valence-corrected chi connectivity index (χ3v) is 3.67. The first kappa shape index (κ1) is 10.7. The second kappa shape index (κ2) is 3.67. The molecule has 1 N–H and O–H groups in total. The van der Waals surface area contributed by atoms with Crippen LogP contribution in [0.2, 0.25) is 0 Å². The molecule has 0 aliphatic heterocycles. The predicted molar refractivity (Wildman–Crippen MR) is 62.2 cm³/mol. The smallest absolute Gasteiger partial charge is 0.112 e. The van der Waals surface area contributed by atoms with Crippen LogP contribution >= 0.6 is 0 Å². The third kappa shape index (κ3) is 1.83. The molecule has 1 aromatic heterocycles. The van der Waals surface area contributed by atoms with Gasteiger partial charge in [0.05, 0.1) is 0 Å². The monoisotopic (exact) mass is 207 g/mol. The highest BCUT2D eigenvalue weighted by Gasteiger charge is 2.37. The Hall–Kier alpha value is -0.760. The van der Waals surface area contributed by atoms with E-state index in [9.17, 15) is 0 Å². The molecule has 0 fully saturated rings. The van der Waals surface area contributed by atoms with Gasteiger partial charge in [0, 0.05) is 12.5 Å². The van der Waals surface area contributed by atoms with Crippen molar-refractivity contribution in [1.82, 2.24) is 5.32 Å². The average Bonchev–Trinajstić information content (AvgIpc) is 2.51. The van der Waals surface area contributed by atoms with Gasteiger partial charge in [-0.1, -0.05) is 13.8 Å². The number of nitrogens with one attached hydrogen (secondary N) is 1. The highest BCUT2D eigenvalue weighted by atomic mass is 16.3. The van der Waals surface area contributed by atoms with Gasteiger partial charge in [-0.05, 0) is 43.9 Å². The van der Waals surface area contributed by atoms with E-state index in [2.05, 4.69) is 25.2 Å². The summed E-state index contributed by atoms with van der Waals surface area (Å²) in [5, 5.41) is 3.28. The Morgan fingerprint density at radius 3 is 2.93 bits per heavy atom. The summed E-state index contributed by atoms with van der Waals surface area (Å²) in [6.07, 6.45) is 2.42. The highest BCUT2D eigenvalue weighted by molar-refractivity contribution is 5.29. The zero-order chi connectivity index (χ0) is 11.1. The van der Waals surface area contributed by atoms with Crippen molar-refractivity contribution in [3.05, 3.63) is 23.2 Å². The zero-order valence-corrected chi connectivity index (χ0v) is 10.2. The van der Waals surface area contributed by atoms with Crippen LogP contribution in [-0.4, -0.2) is 13.6 Å². The highest BCUT2D eigenvalue weighted by Crippen LogP contribution is 2.45. The van der Waals surface area contributed by atoms with Crippen molar-refractivity contribution in [3.63, 3.8) is 0 Å². The van der Waals surface area contributed by atoms with Gasteiger partial charge in [0.1, 0.15) is 11.5 Å². The second-order valence-electron chi connectivity index (χ2n) is 5.35. The minimum Gasteiger partial charge on any atom is -0.466 e. The Kier molecular flexibility index (Phi) is 2.63. The van der Waals surface area contributed by atoms with E-state index in [1.54, 1.807) is 0 Å². The fourth-order valence-electron chi connectivity index (χ4n) is 2.63. The van der Waals surface area contributed by atoms with Crippen LogP contribution in [0.25, 0.3) is 0 Å². The molecule has 0 saturated heterocycles. The molecule has 1 heterocycles. The van der Waals surface area contributed by atoms with E-state index < -0.39 is 0 Å². The van der Waals surface area contributed by atoms with E-state index in [0.717, 1.165) is 12.3 Å². The van der Waals surface area contributed by atoms with Gasteiger partial charge in [0.25, 0.3) is 0 Å². The lowest BCUT2D eigenvalue weighted by molar-refractivity contribution is 0.210. The van der Waals surface area contributed by atoms with Crippen molar-refractivity contribution >= 4 is 0 Å². The number of rotatable bonds is 2. The Balaban J connectivity index is 2.38. The van der Waals surface area contributed by atoms with E-state index in [1.165, 1.54) is 24.2 Å². The number of aryl methyl sites for hydroxylation is 2.